The Balaban J connectivity index is 2.35. The molecule has 1 aromatic rings. The third-order valence-electron chi connectivity index (χ3n) is 5.39. The summed E-state index contributed by atoms with van der Waals surface area (Å²) in [6, 6.07) is 10.0. The molecule has 0 unspecified atom stereocenters. The number of rotatable bonds is 10. The molecule has 3 atom stereocenters. The van der Waals surface area contributed by atoms with Crippen LogP contribution in [-0.2, 0) is 20.6 Å². The number of amides is 1. The highest BCUT2D eigenvalue weighted by Gasteiger charge is 2.37. The van der Waals surface area contributed by atoms with E-state index in [1.807, 2.05) is 37.3 Å². The Bertz CT molecular complexity index is 569. The van der Waals surface area contributed by atoms with Gasteiger partial charge in [-0.25, -0.2) is 0 Å². The fourth-order valence-electron chi connectivity index (χ4n) is 2.53. The molecule has 0 aromatic heterocycles. The first-order valence-electron chi connectivity index (χ1n) is 10.0. The quantitative estimate of drug-likeness (QED) is 0.560. The van der Waals surface area contributed by atoms with E-state index >= 15 is 0 Å². The summed E-state index contributed by atoms with van der Waals surface area (Å²) in [5, 5.41) is 3.29. The second-order valence-corrected chi connectivity index (χ2v) is 14.1. The molecule has 4 nitrogen and oxygen atoms in total. The number of hydrogen-bond donors (Lipinski definition) is 1. The van der Waals surface area contributed by atoms with Crippen LogP contribution in [0.2, 0.25) is 18.1 Å². The lowest BCUT2D eigenvalue weighted by molar-refractivity contribution is -0.133. The minimum Gasteiger partial charge on any atom is -0.417 e. The van der Waals surface area contributed by atoms with E-state index in [0.29, 0.717) is 12.5 Å². The molecule has 0 spiro atoms. The number of ether oxygens (including phenoxy) is 1. The average Bonchev–Trinajstić information content (AvgIpc) is 2.57. The Morgan fingerprint density at radius 1 is 1.11 bits per heavy atom. The maximum absolute atomic E-state index is 12.3. The first-order chi connectivity index (χ1) is 12.4. The summed E-state index contributed by atoms with van der Waals surface area (Å²) in [5.74, 6) is 0.339. The van der Waals surface area contributed by atoms with Crippen LogP contribution in [0.5, 0.6) is 0 Å². The first kappa shape index (κ1) is 23.9. The van der Waals surface area contributed by atoms with Gasteiger partial charge in [-0.15, -0.1) is 0 Å². The third-order valence-corrected chi connectivity index (χ3v) is 9.89. The van der Waals surface area contributed by atoms with Crippen LogP contribution in [0.25, 0.3) is 0 Å². The van der Waals surface area contributed by atoms with E-state index in [1.54, 1.807) is 6.92 Å². The molecule has 0 saturated heterocycles. The van der Waals surface area contributed by atoms with Gasteiger partial charge in [0.15, 0.2) is 8.32 Å². The summed E-state index contributed by atoms with van der Waals surface area (Å²) < 4.78 is 12.0. The highest BCUT2D eigenvalue weighted by Crippen LogP contribution is 2.36. The van der Waals surface area contributed by atoms with Crippen LogP contribution in [0.3, 0.4) is 0 Å². The first-order valence-corrected chi connectivity index (χ1v) is 12.9. The van der Waals surface area contributed by atoms with Crippen molar-refractivity contribution >= 4 is 14.2 Å². The molecule has 1 rings (SSSR count). The van der Waals surface area contributed by atoms with Crippen molar-refractivity contribution in [3.8, 4) is 0 Å². The number of benzene rings is 1. The molecule has 0 aliphatic heterocycles. The molecular formula is C22H39NO3Si. The van der Waals surface area contributed by atoms with E-state index in [4.69, 9.17) is 9.16 Å². The Hall–Kier alpha value is -1.17. The molecular weight excluding hydrogens is 354 g/mol. The molecule has 0 fully saturated rings. The van der Waals surface area contributed by atoms with Crippen molar-refractivity contribution in [2.45, 2.75) is 84.8 Å². The van der Waals surface area contributed by atoms with E-state index in [9.17, 15) is 4.79 Å². The zero-order valence-corrected chi connectivity index (χ0v) is 19.5. The lowest BCUT2D eigenvalue weighted by Gasteiger charge is -2.37. The van der Waals surface area contributed by atoms with Crippen LogP contribution in [-0.4, -0.2) is 33.0 Å². The van der Waals surface area contributed by atoms with Gasteiger partial charge in [-0.05, 0) is 49.9 Å². The van der Waals surface area contributed by atoms with E-state index in [1.165, 1.54) is 0 Å². The van der Waals surface area contributed by atoms with E-state index < -0.39 is 14.4 Å². The molecule has 0 radical (unpaired) electrons. The van der Waals surface area contributed by atoms with Gasteiger partial charge >= 0.3 is 0 Å². The van der Waals surface area contributed by atoms with Gasteiger partial charge in [-0.2, -0.15) is 0 Å². The Morgan fingerprint density at radius 2 is 1.70 bits per heavy atom. The highest BCUT2D eigenvalue weighted by atomic mass is 28.4. The molecule has 0 saturated carbocycles. The SMILES string of the molecule is C[C@@H](CO[Si](C)(C)C(C)(C)C)C[C@H](C)NC(=O)[C@H](C)OCc1ccccc1. The summed E-state index contributed by atoms with van der Waals surface area (Å²) >= 11 is 0. The van der Waals surface area contributed by atoms with Crippen LogP contribution in [0.1, 0.15) is 53.5 Å². The predicted molar refractivity (Wildman–Crippen MR) is 115 cm³/mol. The topological polar surface area (TPSA) is 47.6 Å². The number of nitrogens with one attached hydrogen (secondary N) is 1. The minimum absolute atomic E-state index is 0.0593. The standard InChI is InChI=1S/C22H39NO3Si/c1-17(15-26-27(7,8)22(4,5)6)14-18(2)23-21(24)19(3)25-16-20-12-10-9-11-13-20/h9-13,17-19H,14-16H2,1-8H3,(H,23,24)/t17-,18+,19+/m1/s1. The van der Waals surface area contributed by atoms with Gasteiger partial charge in [0.1, 0.15) is 6.10 Å². The summed E-state index contributed by atoms with van der Waals surface area (Å²) in [4.78, 5) is 12.3. The molecule has 0 aliphatic carbocycles. The van der Waals surface area contributed by atoms with Crippen molar-refractivity contribution in [3.63, 3.8) is 0 Å². The van der Waals surface area contributed by atoms with Crippen LogP contribution >= 0.6 is 0 Å². The van der Waals surface area contributed by atoms with E-state index in [2.05, 4.69) is 46.1 Å². The summed E-state index contributed by atoms with van der Waals surface area (Å²) in [6.45, 7) is 18.5. The second kappa shape index (κ2) is 10.4. The smallest absolute Gasteiger partial charge is 0.249 e. The Kier molecular flexibility index (Phi) is 9.19. The Labute approximate surface area is 167 Å². The van der Waals surface area contributed by atoms with Gasteiger partial charge in [-0.3, -0.25) is 4.79 Å². The van der Waals surface area contributed by atoms with Crippen molar-refractivity contribution in [3.05, 3.63) is 35.9 Å². The monoisotopic (exact) mass is 393 g/mol. The lowest BCUT2D eigenvalue weighted by Crippen LogP contribution is -2.43. The van der Waals surface area contributed by atoms with Crippen molar-refractivity contribution in [1.29, 1.82) is 0 Å². The fraction of sp³-hybridized carbons (Fsp3) is 0.682. The molecule has 1 aromatic carbocycles. The van der Waals surface area contributed by atoms with Crippen molar-refractivity contribution in [1.82, 2.24) is 5.32 Å². The molecule has 0 bridgehead atoms. The van der Waals surface area contributed by atoms with E-state index in [0.717, 1.165) is 18.6 Å². The van der Waals surface area contributed by atoms with Crippen LogP contribution < -0.4 is 5.32 Å². The number of hydrogen-bond acceptors (Lipinski definition) is 3. The fourth-order valence-corrected chi connectivity index (χ4v) is 3.66. The predicted octanol–water partition coefficient (Wildman–Crippen LogP) is 5.14. The summed E-state index contributed by atoms with van der Waals surface area (Å²) in [6.07, 6.45) is 0.428. The van der Waals surface area contributed by atoms with Gasteiger partial charge in [-0.1, -0.05) is 58.0 Å². The van der Waals surface area contributed by atoms with E-state index in [-0.39, 0.29) is 17.0 Å². The minimum atomic E-state index is -1.72. The van der Waals surface area contributed by atoms with Crippen molar-refractivity contribution in [2.75, 3.05) is 6.61 Å². The molecule has 1 N–H and O–H groups in total. The van der Waals surface area contributed by atoms with Gasteiger partial charge in [0, 0.05) is 12.6 Å². The normalized spacial score (nSPS) is 15.9. The number of carbonyl (C=O) groups is 1. The summed E-state index contributed by atoms with van der Waals surface area (Å²) in [5.41, 5.74) is 1.07. The zero-order chi connectivity index (χ0) is 20.7. The molecule has 5 heteroatoms. The molecule has 0 heterocycles. The highest BCUT2D eigenvalue weighted by molar-refractivity contribution is 6.74. The second-order valence-electron chi connectivity index (χ2n) is 9.26. The maximum atomic E-state index is 12.3. The van der Waals surface area contributed by atoms with Gasteiger partial charge < -0.3 is 14.5 Å². The zero-order valence-electron chi connectivity index (χ0n) is 18.5. The average molecular weight is 394 g/mol. The van der Waals surface area contributed by atoms with Crippen LogP contribution in [0, 0.1) is 5.92 Å². The number of carbonyl (C=O) groups excluding carboxylic acids is 1. The molecule has 0 aliphatic rings. The maximum Gasteiger partial charge on any atom is 0.249 e. The van der Waals surface area contributed by atoms with Crippen LogP contribution in [0.4, 0.5) is 0 Å². The van der Waals surface area contributed by atoms with Gasteiger partial charge in [0.2, 0.25) is 5.91 Å². The Morgan fingerprint density at radius 3 is 2.26 bits per heavy atom. The molecule has 154 valence electrons. The lowest BCUT2D eigenvalue weighted by atomic mass is 10.0. The third kappa shape index (κ3) is 8.58. The molecule has 27 heavy (non-hydrogen) atoms. The van der Waals surface area contributed by atoms with Gasteiger partial charge in [0.25, 0.3) is 0 Å². The van der Waals surface area contributed by atoms with Crippen molar-refractivity contribution < 1.29 is 14.0 Å². The van der Waals surface area contributed by atoms with Crippen LogP contribution in [0.15, 0.2) is 30.3 Å². The summed E-state index contributed by atoms with van der Waals surface area (Å²) in [7, 11) is -1.72. The largest absolute Gasteiger partial charge is 0.417 e. The van der Waals surface area contributed by atoms with Crippen molar-refractivity contribution in [2.24, 2.45) is 5.92 Å². The van der Waals surface area contributed by atoms with Gasteiger partial charge in [0.05, 0.1) is 6.61 Å². The molecule has 1 amide bonds.